The molecule has 5 nitrogen and oxygen atoms in total. The molecule has 6 heteroatoms. The van der Waals surface area contributed by atoms with Crippen LogP contribution in [0.15, 0.2) is 42.5 Å². The number of carbonyl (C=O) groups is 1. The number of benzene rings is 2. The summed E-state index contributed by atoms with van der Waals surface area (Å²) >= 11 is 5.89. The van der Waals surface area contributed by atoms with Crippen LogP contribution in [0.4, 0.5) is 0 Å². The van der Waals surface area contributed by atoms with E-state index in [1.807, 2.05) is 42.5 Å². The molecule has 0 bridgehead atoms. The minimum Gasteiger partial charge on any atom is -0.493 e. The molecule has 1 aliphatic rings. The lowest BCUT2D eigenvalue weighted by atomic mass is 10.1. The van der Waals surface area contributed by atoms with Gasteiger partial charge in [-0.2, -0.15) is 0 Å². The summed E-state index contributed by atoms with van der Waals surface area (Å²) in [6.45, 7) is 2.53. The molecule has 1 N–H and O–H groups in total. The maximum Gasteiger partial charge on any atom is 0.307 e. The Morgan fingerprint density at radius 3 is 2.58 bits per heavy atom. The monoisotopic (exact) mass is 375 g/mol. The molecule has 3 rings (SSSR count). The van der Waals surface area contributed by atoms with E-state index in [-0.39, 0.29) is 5.92 Å². The third-order valence-electron chi connectivity index (χ3n) is 4.56. The number of hydrogen-bond donors (Lipinski definition) is 1. The van der Waals surface area contributed by atoms with Crippen molar-refractivity contribution in [2.24, 2.45) is 5.92 Å². The number of rotatable bonds is 7. The predicted molar refractivity (Wildman–Crippen MR) is 99.8 cm³/mol. The lowest BCUT2D eigenvalue weighted by molar-refractivity contribution is -0.141. The highest BCUT2D eigenvalue weighted by molar-refractivity contribution is 6.30. The van der Waals surface area contributed by atoms with E-state index in [1.54, 1.807) is 7.11 Å². The van der Waals surface area contributed by atoms with E-state index < -0.39 is 5.97 Å². The summed E-state index contributed by atoms with van der Waals surface area (Å²) in [4.78, 5) is 13.2. The second-order valence-corrected chi connectivity index (χ2v) is 6.90. The Bertz CT molecular complexity index is 763. The van der Waals surface area contributed by atoms with Gasteiger partial charge in [0.25, 0.3) is 0 Å². The Kier molecular flexibility index (Phi) is 6.01. The van der Waals surface area contributed by atoms with Crippen LogP contribution in [0.25, 0.3) is 0 Å². The number of hydrogen-bond acceptors (Lipinski definition) is 4. The molecule has 2 aromatic carbocycles. The largest absolute Gasteiger partial charge is 0.493 e. The third-order valence-corrected chi connectivity index (χ3v) is 4.82. The molecule has 0 amide bonds. The van der Waals surface area contributed by atoms with Crippen LogP contribution in [0.5, 0.6) is 11.5 Å². The predicted octanol–water partition coefficient (Wildman–Crippen LogP) is 3.83. The average molecular weight is 376 g/mol. The van der Waals surface area contributed by atoms with E-state index in [1.165, 1.54) is 0 Å². The van der Waals surface area contributed by atoms with E-state index in [0.717, 1.165) is 17.7 Å². The van der Waals surface area contributed by atoms with Crippen molar-refractivity contribution in [3.8, 4) is 11.5 Å². The van der Waals surface area contributed by atoms with Crippen molar-refractivity contribution in [2.45, 2.75) is 19.6 Å². The number of carboxylic acids is 1. The second kappa shape index (κ2) is 8.43. The van der Waals surface area contributed by atoms with E-state index in [2.05, 4.69) is 4.90 Å². The van der Waals surface area contributed by atoms with Gasteiger partial charge in [-0.25, -0.2) is 0 Å². The van der Waals surface area contributed by atoms with Gasteiger partial charge in [-0.3, -0.25) is 9.69 Å². The molecular weight excluding hydrogens is 354 g/mol. The molecule has 1 fully saturated rings. The number of likely N-dealkylation sites (tertiary alicyclic amines) is 1. The summed E-state index contributed by atoms with van der Waals surface area (Å²) in [7, 11) is 1.62. The standard InChI is InChI=1S/C20H22ClNO4/c1-25-19-10-15(11-22-9-8-16(12-22)20(23)24)4-7-18(19)26-13-14-2-5-17(21)6-3-14/h2-7,10,16H,8-9,11-13H2,1H3,(H,23,24). The van der Waals surface area contributed by atoms with Crippen molar-refractivity contribution in [1.82, 2.24) is 4.90 Å². The fraction of sp³-hybridized carbons (Fsp3) is 0.350. The van der Waals surface area contributed by atoms with Crippen LogP contribution in [-0.4, -0.2) is 36.2 Å². The van der Waals surface area contributed by atoms with E-state index >= 15 is 0 Å². The van der Waals surface area contributed by atoms with Gasteiger partial charge in [-0.1, -0.05) is 29.8 Å². The number of nitrogens with zero attached hydrogens (tertiary/aromatic N) is 1. The summed E-state index contributed by atoms with van der Waals surface area (Å²) in [6, 6.07) is 13.4. The number of methoxy groups -OCH3 is 1. The van der Waals surface area contributed by atoms with Crippen LogP contribution >= 0.6 is 11.6 Å². The lowest BCUT2D eigenvalue weighted by Crippen LogP contribution is -2.22. The summed E-state index contributed by atoms with van der Waals surface area (Å²) in [5.74, 6) is 0.372. The Morgan fingerprint density at radius 2 is 1.92 bits per heavy atom. The van der Waals surface area contributed by atoms with Gasteiger partial charge in [0.1, 0.15) is 6.61 Å². The molecule has 1 aliphatic heterocycles. The third kappa shape index (κ3) is 4.68. The Hall–Kier alpha value is -2.24. The van der Waals surface area contributed by atoms with Crippen LogP contribution in [0.3, 0.4) is 0 Å². The molecule has 1 heterocycles. The summed E-state index contributed by atoms with van der Waals surface area (Å²) in [6.07, 6.45) is 0.703. The zero-order valence-electron chi connectivity index (χ0n) is 14.7. The SMILES string of the molecule is COc1cc(CN2CCC(C(=O)O)C2)ccc1OCc1ccc(Cl)cc1. The number of halogens is 1. The molecule has 0 aromatic heterocycles. The quantitative estimate of drug-likeness (QED) is 0.796. The normalized spacial score (nSPS) is 17.2. The van der Waals surface area contributed by atoms with Crippen molar-refractivity contribution in [3.63, 3.8) is 0 Å². The van der Waals surface area contributed by atoms with Gasteiger partial charge in [0.2, 0.25) is 0 Å². The maximum atomic E-state index is 11.1. The molecular formula is C20H22ClNO4. The molecule has 0 radical (unpaired) electrons. The van der Waals surface area contributed by atoms with Crippen LogP contribution in [0.2, 0.25) is 5.02 Å². The maximum absolute atomic E-state index is 11.1. The zero-order valence-corrected chi connectivity index (χ0v) is 15.4. The van der Waals surface area contributed by atoms with Gasteiger partial charge in [0.15, 0.2) is 11.5 Å². The van der Waals surface area contributed by atoms with Gasteiger partial charge >= 0.3 is 5.97 Å². The number of aliphatic carboxylic acids is 1. The highest BCUT2D eigenvalue weighted by atomic mass is 35.5. The van der Waals surface area contributed by atoms with Crippen molar-refractivity contribution in [1.29, 1.82) is 0 Å². The molecule has 138 valence electrons. The highest BCUT2D eigenvalue weighted by Gasteiger charge is 2.27. The first kappa shape index (κ1) is 18.5. The van der Waals surface area contributed by atoms with Crippen molar-refractivity contribution >= 4 is 17.6 Å². The molecule has 1 saturated heterocycles. The minimum absolute atomic E-state index is 0.265. The van der Waals surface area contributed by atoms with E-state index in [4.69, 9.17) is 26.2 Å². The molecule has 2 aromatic rings. The van der Waals surface area contributed by atoms with Gasteiger partial charge in [0.05, 0.1) is 13.0 Å². The smallest absolute Gasteiger partial charge is 0.307 e. The Labute approximate surface area is 158 Å². The van der Waals surface area contributed by atoms with Gasteiger partial charge in [-0.05, 0) is 48.4 Å². The first-order chi connectivity index (χ1) is 12.5. The van der Waals surface area contributed by atoms with Crippen LogP contribution in [0, 0.1) is 5.92 Å². The number of carboxylic acid groups (broad SMARTS) is 1. The molecule has 26 heavy (non-hydrogen) atoms. The van der Waals surface area contributed by atoms with E-state index in [9.17, 15) is 4.79 Å². The molecule has 0 aliphatic carbocycles. The Morgan fingerprint density at radius 1 is 1.19 bits per heavy atom. The topological polar surface area (TPSA) is 59.0 Å². The Balaban J connectivity index is 1.62. The average Bonchev–Trinajstić information content (AvgIpc) is 3.10. The van der Waals surface area contributed by atoms with Crippen molar-refractivity contribution in [2.75, 3.05) is 20.2 Å². The molecule has 1 atom stereocenters. The van der Waals surface area contributed by atoms with E-state index in [0.29, 0.717) is 42.6 Å². The second-order valence-electron chi connectivity index (χ2n) is 6.46. The summed E-state index contributed by atoms with van der Waals surface area (Å²) < 4.78 is 11.3. The van der Waals surface area contributed by atoms with Gasteiger partial charge in [-0.15, -0.1) is 0 Å². The number of ether oxygens (including phenoxy) is 2. The van der Waals surface area contributed by atoms with Crippen LogP contribution in [-0.2, 0) is 17.9 Å². The van der Waals surface area contributed by atoms with Gasteiger partial charge in [0, 0.05) is 18.1 Å². The first-order valence-corrected chi connectivity index (χ1v) is 8.92. The lowest BCUT2D eigenvalue weighted by Gasteiger charge is -2.17. The fourth-order valence-electron chi connectivity index (χ4n) is 3.11. The van der Waals surface area contributed by atoms with Crippen LogP contribution in [0.1, 0.15) is 17.5 Å². The van der Waals surface area contributed by atoms with Crippen molar-refractivity contribution in [3.05, 3.63) is 58.6 Å². The molecule has 1 unspecified atom stereocenters. The first-order valence-electron chi connectivity index (χ1n) is 8.54. The molecule has 0 spiro atoms. The zero-order chi connectivity index (χ0) is 18.5. The molecule has 0 saturated carbocycles. The highest BCUT2D eigenvalue weighted by Crippen LogP contribution is 2.30. The van der Waals surface area contributed by atoms with Gasteiger partial charge < -0.3 is 14.6 Å². The van der Waals surface area contributed by atoms with Crippen LogP contribution < -0.4 is 9.47 Å². The van der Waals surface area contributed by atoms with Crippen molar-refractivity contribution < 1.29 is 19.4 Å². The summed E-state index contributed by atoms with van der Waals surface area (Å²) in [5.41, 5.74) is 2.10. The fourth-order valence-corrected chi connectivity index (χ4v) is 3.23. The summed E-state index contributed by atoms with van der Waals surface area (Å²) in [5, 5.41) is 9.81. The minimum atomic E-state index is -0.712.